The summed E-state index contributed by atoms with van der Waals surface area (Å²) in [5.41, 5.74) is 1.34. The van der Waals surface area contributed by atoms with Crippen LogP contribution in [0.25, 0.3) is 0 Å². The second-order valence-corrected chi connectivity index (χ2v) is 3.67. The van der Waals surface area contributed by atoms with Gasteiger partial charge in [0.1, 0.15) is 6.54 Å². The van der Waals surface area contributed by atoms with Gasteiger partial charge in [0.05, 0.1) is 0 Å². The molecule has 0 bridgehead atoms. The third-order valence-electron chi connectivity index (χ3n) is 2.33. The Balaban J connectivity index is 0.00000169. The van der Waals surface area contributed by atoms with Crippen molar-refractivity contribution in [3.05, 3.63) is 30.1 Å². The molecule has 0 aliphatic rings. The van der Waals surface area contributed by atoms with Crippen LogP contribution in [-0.2, 0) is 6.54 Å². The van der Waals surface area contributed by atoms with Crippen LogP contribution in [-0.4, -0.2) is 0 Å². The average Bonchev–Trinajstić information content (AvgIpc) is 2.15. The van der Waals surface area contributed by atoms with Gasteiger partial charge in [0.25, 0.3) is 0 Å². The van der Waals surface area contributed by atoms with Crippen molar-refractivity contribution in [2.45, 2.75) is 46.1 Å². The zero-order valence-corrected chi connectivity index (χ0v) is 11.3. The highest BCUT2D eigenvalue weighted by Gasteiger charge is 1.97. The highest BCUT2D eigenvalue weighted by atomic mass is 127. The molecule has 0 saturated carbocycles. The zero-order chi connectivity index (χ0) is 9.52. The van der Waals surface area contributed by atoms with Crippen molar-refractivity contribution in [3.63, 3.8) is 0 Å². The molecule has 0 radical (unpaired) electrons. The lowest BCUT2D eigenvalue weighted by Crippen LogP contribution is -3.00. The fourth-order valence-corrected chi connectivity index (χ4v) is 1.40. The van der Waals surface area contributed by atoms with Crippen LogP contribution in [0.3, 0.4) is 0 Å². The van der Waals surface area contributed by atoms with E-state index in [2.05, 4.69) is 42.9 Å². The van der Waals surface area contributed by atoms with Gasteiger partial charge >= 0.3 is 0 Å². The molecule has 1 nitrogen and oxygen atoms in total. The molecule has 0 fully saturated rings. The lowest BCUT2D eigenvalue weighted by molar-refractivity contribution is -0.697. The van der Waals surface area contributed by atoms with Gasteiger partial charge in [-0.3, -0.25) is 0 Å². The Morgan fingerprint density at radius 1 is 1.07 bits per heavy atom. The predicted octanol–water partition coefficient (Wildman–Crippen LogP) is -0.133. The fraction of sp³-hybridized carbons (Fsp3) is 0.583. The lowest BCUT2D eigenvalue weighted by atomic mass is 10.2. The highest BCUT2D eigenvalue weighted by Crippen LogP contribution is 1.98. The summed E-state index contributed by atoms with van der Waals surface area (Å²) < 4.78 is 2.27. The van der Waals surface area contributed by atoms with Gasteiger partial charge in [-0.1, -0.05) is 19.8 Å². The molecule has 1 aromatic rings. The van der Waals surface area contributed by atoms with Gasteiger partial charge in [-0.2, -0.15) is 0 Å². The van der Waals surface area contributed by atoms with Crippen molar-refractivity contribution in [3.8, 4) is 0 Å². The second-order valence-electron chi connectivity index (χ2n) is 3.67. The Morgan fingerprint density at radius 3 is 2.29 bits per heavy atom. The predicted molar refractivity (Wildman–Crippen MR) is 55.5 cm³/mol. The molecule has 0 aromatic carbocycles. The monoisotopic (exact) mass is 305 g/mol. The number of halogens is 1. The maximum absolute atomic E-state index is 2.27. The second kappa shape index (κ2) is 8.21. The quantitative estimate of drug-likeness (QED) is 0.405. The van der Waals surface area contributed by atoms with Gasteiger partial charge in [-0.15, -0.1) is 0 Å². The summed E-state index contributed by atoms with van der Waals surface area (Å²) in [6.07, 6.45) is 9.69. The summed E-state index contributed by atoms with van der Waals surface area (Å²) in [7, 11) is 0. The fourth-order valence-electron chi connectivity index (χ4n) is 1.40. The van der Waals surface area contributed by atoms with E-state index in [1.165, 1.54) is 37.8 Å². The average molecular weight is 305 g/mol. The van der Waals surface area contributed by atoms with Crippen LogP contribution in [0.15, 0.2) is 24.5 Å². The first-order valence-corrected chi connectivity index (χ1v) is 5.28. The third-order valence-corrected chi connectivity index (χ3v) is 2.33. The van der Waals surface area contributed by atoms with Gasteiger partial charge in [0.2, 0.25) is 0 Å². The summed E-state index contributed by atoms with van der Waals surface area (Å²) in [6.45, 7) is 5.54. The van der Waals surface area contributed by atoms with Gasteiger partial charge in [-0.25, -0.2) is 4.57 Å². The van der Waals surface area contributed by atoms with Crippen LogP contribution in [0.1, 0.15) is 38.2 Å². The van der Waals surface area contributed by atoms with Crippen LogP contribution in [0.5, 0.6) is 0 Å². The van der Waals surface area contributed by atoms with E-state index in [0.717, 1.165) is 0 Å². The largest absolute Gasteiger partial charge is 1.00 e. The standard InChI is InChI=1S/C12H20N.HI/c1-3-4-5-6-9-13-10-7-12(2)8-11-13;/h7-8,10-11H,3-6,9H2,1-2H3;1H/q+1;/p-1. The van der Waals surface area contributed by atoms with Gasteiger partial charge in [-0.05, 0) is 18.9 Å². The van der Waals surface area contributed by atoms with Crippen LogP contribution < -0.4 is 28.5 Å². The molecule has 0 aliphatic carbocycles. The molecular formula is C12H20IN. The Kier molecular flexibility index (Phi) is 8.14. The summed E-state index contributed by atoms with van der Waals surface area (Å²) in [6, 6.07) is 4.33. The van der Waals surface area contributed by atoms with Crippen molar-refractivity contribution < 1.29 is 28.5 Å². The first-order valence-electron chi connectivity index (χ1n) is 5.28. The number of nitrogens with zero attached hydrogens (tertiary/aromatic N) is 1. The minimum Gasteiger partial charge on any atom is -1.00 e. The molecule has 0 atom stereocenters. The van der Waals surface area contributed by atoms with Crippen molar-refractivity contribution in [2.75, 3.05) is 0 Å². The molecule has 0 unspecified atom stereocenters. The number of unbranched alkanes of at least 4 members (excludes halogenated alkanes) is 3. The summed E-state index contributed by atoms with van der Waals surface area (Å²) in [5, 5.41) is 0. The first-order chi connectivity index (χ1) is 6.33. The number of rotatable bonds is 5. The molecule has 80 valence electrons. The lowest BCUT2D eigenvalue weighted by Gasteiger charge is -1.97. The van der Waals surface area contributed by atoms with Crippen molar-refractivity contribution in [2.24, 2.45) is 0 Å². The highest BCUT2D eigenvalue weighted by molar-refractivity contribution is 5.03. The number of hydrogen-bond acceptors (Lipinski definition) is 0. The van der Waals surface area contributed by atoms with E-state index in [0.29, 0.717) is 0 Å². The number of pyridine rings is 1. The van der Waals surface area contributed by atoms with Crippen molar-refractivity contribution >= 4 is 0 Å². The van der Waals surface area contributed by atoms with Gasteiger partial charge in [0, 0.05) is 18.6 Å². The molecule has 14 heavy (non-hydrogen) atoms. The molecule has 0 amide bonds. The van der Waals surface area contributed by atoms with Crippen LogP contribution >= 0.6 is 0 Å². The minimum atomic E-state index is 0. The summed E-state index contributed by atoms with van der Waals surface area (Å²) in [5.74, 6) is 0. The Labute approximate surface area is 105 Å². The van der Waals surface area contributed by atoms with Crippen LogP contribution in [0, 0.1) is 6.92 Å². The first kappa shape index (κ1) is 13.9. The molecule has 1 aromatic heterocycles. The van der Waals surface area contributed by atoms with Crippen LogP contribution in [0.4, 0.5) is 0 Å². The van der Waals surface area contributed by atoms with E-state index in [4.69, 9.17) is 0 Å². The Bertz CT molecular complexity index is 231. The van der Waals surface area contributed by atoms with E-state index < -0.39 is 0 Å². The molecule has 0 N–H and O–H groups in total. The van der Waals surface area contributed by atoms with E-state index in [9.17, 15) is 0 Å². The normalized spacial score (nSPS) is 9.57. The van der Waals surface area contributed by atoms with Crippen molar-refractivity contribution in [1.29, 1.82) is 0 Å². The maximum Gasteiger partial charge on any atom is 0.169 e. The minimum absolute atomic E-state index is 0. The van der Waals surface area contributed by atoms with E-state index >= 15 is 0 Å². The third kappa shape index (κ3) is 5.58. The Hall–Kier alpha value is -0.120. The molecular weight excluding hydrogens is 285 g/mol. The maximum atomic E-state index is 2.27. The van der Waals surface area contributed by atoms with E-state index in [1.807, 2.05) is 0 Å². The van der Waals surface area contributed by atoms with E-state index in [-0.39, 0.29) is 24.0 Å². The molecule has 2 heteroatoms. The number of hydrogen-bond donors (Lipinski definition) is 0. The number of aromatic nitrogens is 1. The number of aryl methyl sites for hydroxylation is 2. The molecule has 1 heterocycles. The van der Waals surface area contributed by atoms with E-state index in [1.54, 1.807) is 0 Å². The molecule has 1 rings (SSSR count). The van der Waals surface area contributed by atoms with Gasteiger partial charge < -0.3 is 24.0 Å². The summed E-state index contributed by atoms with van der Waals surface area (Å²) in [4.78, 5) is 0. The zero-order valence-electron chi connectivity index (χ0n) is 9.17. The SMILES string of the molecule is CCCCCC[n+]1ccc(C)cc1.[I-]. The molecule has 0 saturated heterocycles. The topological polar surface area (TPSA) is 3.88 Å². The van der Waals surface area contributed by atoms with Crippen molar-refractivity contribution in [1.82, 2.24) is 0 Å². The smallest absolute Gasteiger partial charge is 0.169 e. The Morgan fingerprint density at radius 2 is 1.71 bits per heavy atom. The van der Waals surface area contributed by atoms with Crippen LogP contribution in [0.2, 0.25) is 0 Å². The molecule has 0 aliphatic heterocycles. The molecule has 0 spiro atoms. The summed E-state index contributed by atoms with van der Waals surface area (Å²) >= 11 is 0. The van der Waals surface area contributed by atoms with Gasteiger partial charge in [0.15, 0.2) is 12.4 Å².